The van der Waals surface area contributed by atoms with Crippen molar-refractivity contribution in [1.29, 1.82) is 0 Å². The monoisotopic (exact) mass is 410 g/mol. The zero-order chi connectivity index (χ0) is 21.4. The van der Waals surface area contributed by atoms with Gasteiger partial charge in [0, 0.05) is 39.0 Å². The van der Waals surface area contributed by atoms with Gasteiger partial charge in [-0.2, -0.15) is 0 Å². The second-order valence-electron chi connectivity index (χ2n) is 9.26. The van der Waals surface area contributed by atoms with Gasteiger partial charge in [-0.15, -0.1) is 0 Å². The Morgan fingerprint density at radius 3 is 2.25 bits per heavy atom. The van der Waals surface area contributed by atoms with Crippen molar-refractivity contribution in [3.63, 3.8) is 0 Å². The van der Waals surface area contributed by atoms with Crippen LogP contribution in [0.15, 0.2) is 97.2 Å². The molecule has 0 saturated carbocycles. The molecule has 2 aromatic heterocycles. The topological polar surface area (TPSA) is 17.8 Å². The van der Waals surface area contributed by atoms with E-state index < -0.39 is 0 Å². The number of nitrogens with zero attached hydrogens (tertiary/aromatic N) is 2. The van der Waals surface area contributed by atoms with E-state index in [9.17, 15) is 0 Å². The van der Waals surface area contributed by atoms with E-state index in [2.05, 4.69) is 109 Å². The Kier molecular flexibility index (Phi) is 3.37. The second-order valence-corrected chi connectivity index (χ2v) is 9.26. The lowest BCUT2D eigenvalue weighted by atomic mass is 9.75. The molecule has 0 N–H and O–H groups in total. The highest BCUT2D eigenvalue weighted by Gasteiger charge is 2.35. The van der Waals surface area contributed by atoms with Gasteiger partial charge in [-0.1, -0.05) is 80.6 Å². The van der Waals surface area contributed by atoms with Crippen LogP contribution in [0.3, 0.4) is 0 Å². The number of aromatic nitrogens is 2. The van der Waals surface area contributed by atoms with Crippen LogP contribution in [-0.4, -0.2) is 9.55 Å². The number of pyridine rings is 1. The van der Waals surface area contributed by atoms with Crippen LogP contribution in [0.4, 0.5) is 0 Å². The molecule has 0 radical (unpaired) electrons. The summed E-state index contributed by atoms with van der Waals surface area (Å²) < 4.78 is 2.40. The largest absolute Gasteiger partial charge is 0.309 e. The van der Waals surface area contributed by atoms with Gasteiger partial charge in [0.05, 0.1) is 16.7 Å². The van der Waals surface area contributed by atoms with E-state index in [1.54, 1.807) is 0 Å². The van der Waals surface area contributed by atoms with Gasteiger partial charge in [-0.3, -0.25) is 4.98 Å². The van der Waals surface area contributed by atoms with Crippen molar-refractivity contribution in [3.05, 3.63) is 108 Å². The zero-order valence-corrected chi connectivity index (χ0v) is 18.1. The highest BCUT2D eigenvalue weighted by molar-refractivity contribution is 6.19. The van der Waals surface area contributed by atoms with Crippen LogP contribution in [0.2, 0.25) is 0 Å². The maximum Gasteiger partial charge on any atom is 0.0756 e. The van der Waals surface area contributed by atoms with Crippen LogP contribution in [0.25, 0.3) is 49.5 Å². The summed E-state index contributed by atoms with van der Waals surface area (Å²) in [6.45, 7) is 4.71. The molecular weight excluding hydrogens is 388 g/mol. The zero-order valence-electron chi connectivity index (χ0n) is 18.1. The Bertz CT molecular complexity index is 1690. The summed E-state index contributed by atoms with van der Waals surface area (Å²) in [5.41, 5.74) is 8.47. The number of benzene rings is 4. The Morgan fingerprint density at radius 2 is 1.41 bits per heavy atom. The molecule has 0 amide bonds. The number of fused-ring (bicyclic) bond motifs is 4. The Balaban J connectivity index is 1.76. The molecule has 0 fully saturated rings. The molecule has 2 nitrogen and oxygen atoms in total. The van der Waals surface area contributed by atoms with E-state index in [1.807, 2.05) is 6.20 Å². The van der Waals surface area contributed by atoms with Crippen LogP contribution < -0.4 is 0 Å². The van der Waals surface area contributed by atoms with Crippen molar-refractivity contribution < 1.29 is 0 Å². The van der Waals surface area contributed by atoms with E-state index in [0.29, 0.717) is 0 Å². The maximum atomic E-state index is 5.07. The van der Waals surface area contributed by atoms with Gasteiger partial charge < -0.3 is 4.57 Å². The first-order valence-electron chi connectivity index (χ1n) is 11.2. The molecule has 0 aliphatic heterocycles. The molecule has 0 atom stereocenters. The molecule has 6 aromatic rings. The highest BCUT2D eigenvalue weighted by Crippen LogP contribution is 2.51. The van der Waals surface area contributed by atoms with E-state index in [-0.39, 0.29) is 5.41 Å². The number of rotatable bonds is 1. The molecule has 2 heterocycles. The van der Waals surface area contributed by atoms with Crippen molar-refractivity contribution in [2.45, 2.75) is 19.3 Å². The summed E-state index contributed by atoms with van der Waals surface area (Å²) in [6, 6.07) is 32.8. The van der Waals surface area contributed by atoms with Crippen LogP contribution in [0.5, 0.6) is 0 Å². The number of hydrogen-bond donors (Lipinski definition) is 0. The molecule has 7 rings (SSSR count). The highest BCUT2D eigenvalue weighted by atomic mass is 15.0. The van der Waals surface area contributed by atoms with Crippen molar-refractivity contribution in [1.82, 2.24) is 9.55 Å². The smallest absolute Gasteiger partial charge is 0.0756 e. The fourth-order valence-electron chi connectivity index (χ4n) is 5.82. The predicted molar refractivity (Wildman–Crippen MR) is 134 cm³/mol. The first kappa shape index (κ1) is 17.7. The fraction of sp³-hybridized carbons (Fsp3) is 0.100. The van der Waals surface area contributed by atoms with Gasteiger partial charge in [-0.25, -0.2) is 0 Å². The molecule has 0 saturated heterocycles. The lowest BCUT2D eigenvalue weighted by Gasteiger charge is -2.29. The lowest BCUT2D eigenvalue weighted by Crippen LogP contribution is -2.20. The fourth-order valence-corrected chi connectivity index (χ4v) is 5.82. The van der Waals surface area contributed by atoms with E-state index >= 15 is 0 Å². The molecule has 0 bridgehead atoms. The third-order valence-corrected chi connectivity index (χ3v) is 7.18. The van der Waals surface area contributed by atoms with Crippen LogP contribution in [-0.2, 0) is 5.41 Å². The Labute approximate surface area is 186 Å². The summed E-state index contributed by atoms with van der Waals surface area (Å²) in [5.74, 6) is 0. The second kappa shape index (κ2) is 6.08. The molecule has 152 valence electrons. The van der Waals surface area contributed by atoms with Gasteiger partial charge in [-0.05, 0) is 40.8 Å². The standard InChI is InChI=1S/C30H22N2/c1-30(2)23-15-9-17-25-27(23)26-22(29-28(30)21-13-7-6-10-19(21)18-31-29)14-8-16-24(26)32(25)20-11-4-3-5-12-20/h3-18H,1-2H3. The summed E-state index contributed by atoms with van der Waals surface area (Å²) in [5, 5.41) is 5.13. The summed E-state index contributed by atoms with van der Waals surface area (Å²) in [4.78, 5) is 5.07. The number of hydrogen-bond acceptors (Lipinski definition) is 1. The molecule has 4 aromatic carbocycles. The summed E-state index contributed by atoms with van der Waals surface area (Å²) in [6.07, 6.45) is 2.03. The molecule has 0 unspecified atom stereocenters. The third kappa shape index (κ3) is 2.12. The molecule has 1 aliphatic carbocycles. The van der Waals surface area contributed by atoms with Gasteiger partial charge in [0.15, 0.2) is 0 Å². The average molecular weight is 411 g/mol. The first-order valence-corrected chi connectivity index (χ1v) is 11.2. The minimum Gasteiger partial charge on any atom is -0.309 e. The quantitative estimate of drug-likeness (QED) is 0.272. The average Bonchev–Trinajstić information content (AvgIpc) is 3.14. The molecule has 0 spiro atoms. The van der Waals surface area contributed by atoms with Crippen molar-refractivity contribution in [2.24, 2.45) is 0 Å². The first-order chi connectivity index (χ1) is 15.7. The molecule has 2 heteroatoms. The maximum absolute atomic E-state index is 5.07. The van der Waals surface area contributed by atoms with Crippen LogP contribution >= 0.6 is 0 Å². The lowest BCUT2D eigenvalue weighted by molar-refractivity contribution is 0.654. The van der Waals surface area contributed by atoms with Gasteiger partial charge in [0.2, 0.25) is 0 Å². The SMILES string of the molecule is CC1(C)c2c(ncc3ccccc23)-c2cccc3c2c2c1cccc2n3-c1ccccc1. The van der Waals surface area contributed by atoms with Gasteiger partial charge in [0.1, 0.15) is 0 Å². The van der Waals surface area contributed by atoms with Gasteiger partial charge >= 0.3 is 0 Å². The normalized spacial score (nSPS) is 14.2. The molecule has 1 aliphatic rings. The molecular formula is C30H22N2. The van der Waals surface area contributed by atoms with E-state index in [0.717, 1.165) is 5.69 Å². The summed E-state index contributed by atoms with van der Waals surface area (Å²) >= 11 is 0. The van der Waals surface area contributed by atoms with Crippen molar-refractivity contribution in [2.75, 3.05) is 0 Å². The number of para-hydroxylation sites is 1. The van der Waals surface area contributed by atoms with Gasteiger partial charge in [0.25, 0.3) is 0 Å². The molecule has 32 heavy (non-hydrogen) atoms. The van der Waals surface area contributed by atoms with Crippen molar-refractivity contribution in [3.8, 4) is 16.9 Å². The Hall–Kier alpha value is -3.91. The van der Waals surface area contributed by atoms with Crippen LogP contribution in [0.1, 0.15) is 25.0 Å². The minimum atomic E-state index is -0.197. The third-order valence-electron chi connectivity index (χ3n) is 7.18. The van der Waals surface area contributed by atoms with E-state index in [4.69, 9.17) is 4.98 Å². The van der Waals surface area contributed by atoms with Crippen LogP contribution in [0, 0.1) is 0 Å². The summed E-state index contributed by atoms with van der Waals surface area (Å²) in [7, 11) is 0. The Morgan fingerprint density at radius 1 is 0.688 bits per heavy atom. The minimum absolute atomic E-state index is 0.197. The van der Waals surface area contributed by atoms with Crippen molar-refractivity contribution >= 4 is 32.6 Å². The predicted octanol–water partition coefficient (Wildman–Crippen LogP) is 7.64. The van der Waals surface area contributed by atoms with E-state index in [1.165, 1.54) is 55.0 Å².